The molecule has 0 fully saturated rings. The first kappa shape index (κ1) is 16.0. The zero-order valence-corrected chi connectivity index (χ0v) is 13.3. The summed E-state index contributed by atoms with van der Waals surface area (Å²) in [5.74, 6) is 8.24. The number of hydrogen-bond acceptors (Lipinski definition) is 6. The van der Waals surface area contributed by atoms with Crippen molar-refractivity contribution in [1.29, 1.82) is 0 Å². The second-order valence-corrected chi connectivity index (χ2v) is 6.21. The summed E-state index contributed by atoms with van der Waals surface area (Å²) in [6, 6.07) is 1.91. The zero-order valence-electron chi connectivity index (χ0n) is 12.5. The van der Waals surface area contributed by atoms with Gasteiger partial charge in [0.15, 0.2) is 5.16 Å². The van der Waals surface area contributed by atoms with Gasteiger partial charge < -0.3 is 10.3 Å². The van der Waals surface area contributed by atoms with E-state index < -0.39 is 0 Å². The molecule has 0 bridgehead atoms. The Labute approximate surface area is 120 Å². The van der Waals surface area contributed by atoms with Crippen molar-refractivity contribution in [1.82, 2.24) is 9.97 Å². The summed E-state index contributed by atoms with van der Waals surface area (Å²) in [5, 5.41) is 0.739. The van der Waals surface area contributed by atoms with Crippen LogP contribution in [0.1, 0.15) is 27.7 Å². The Hall–Kier alpha value is -1.01. The summed E-state index contributed by atoms with van der Waals surface area (Å²) < 4.78 is 0. The van der Waals surface area contributed by atoms with Crippen molar-refractivity contribution in [3.63, 3.8) is 0 Å². The van der Waals surface area contributed by atoms with Gasteiger partial charge in [-0.05, 0) is 18.1 Å². The first-order chi connectivity index (χ1) is 8.96. The lowest BCUT2D eigenvalue weighted by Crippen LogP contribution is -2.32. The van der Waals surface area contributed by atoms with E-state index >= 15 is 0 Å². The molecule has 0 aliphatic carbocycles. The minimum Gasteiger partial charge on any atom is -0.356 e. The van der Waals surface area contributed by atoms with E-state index in [1.54, 1.807) is 0 Å². The van der Waals surface area contributed by atoms with Gasteiger partial charge in [0.2, 0.25) is 0 Å². The normalized spacial score (nSPS) is 11.2. The highest BCUT2D eigenvalue weighted by Gasteiger charge is 2.14. The third kappa shape index (κ3) is 5.24. The van der Waals surface area contributed by atoms with Crippen LogP contribution in [-0.2, 0) is 0 Å². The minimum atomic E-state index is 0.584. The molecule has 0 spiro atoms. The topological polar surface area (TPSA) is 67.1 Å². The minimum absolute atomic E-state index is 0.584. The highest BCUT2D eigenvalue weighted by molar-refractivity contribution is 7.98. The highest BCUT2D eigenvalue weighted by Crippen LogP contribution is 2.21. The van der Waals surface area contributed by atoms with Gasteiger partial charge in [-0.25, -0.2) is 15.8 Å². The van der Waals surface area contributed by atoms with Gasteiger partial charge in [-0.15, -0.1) is 0 Å². The quantitative estimate of drug-likeness (QED) is 0.347. The number of nitrogens with one attached hydrogen (secondary N) is 1. The van der Waals surface area contributed by atoms with Crippen molar-refractivity contribution >= 4 is 23.4 Å². The lowest BCUT2D eigenvalue weighted by atomic mass is 10.1. The Balaban J connectivity index is 3.05. The summed E-state index contributed by atoms with van der Waals surface area (Å²) in [6.45, 7) is 10.8. The number of nitrogens with two attached hydrogens (primary N) is 1. The molecule has 19 heavy (non-hydrogen) atoms. The Kier molecular flexibility index (Phi) is 6.37. The molecule has 1 heterocycles. The fourth-order valence-electron chi connectivity index (χ4n) is 1.88. The van der Waals surface area contributed by atoms with Gasteiger partial charge in [0.25, 0.3) is 0 Å². The van der Waals surface area contributed by atoms with Crippen molar-refractivity contribution in [3.8, 4) is 0 Å². The summed E-state index contributed by atoms with van der Waals surface area (Å²) in [6.07, 6.45) is 1.97. The van der Waals surface area contributed by atoms with Crippen molar-refractivity contribution in [2.75, 3.05) is 29.7 Å². The number of hydrazine groups is 1. The number of nitrogen functional groups attached to an aromatic ring is 1. The summed E-state index contributed by atoms with van der Waals surface area (Å²) in [4.78, 5) is 11.2. The second-order valence-electron chi connectivity index (χ2n) is 5.44. The van der Waals surface area contributed by atoms with E-state index in [0.29, 0.717) is 17.7 Å². The van der Waals surface area contributed by atoms with Crippen LogP contribution in [0.3, 0.4) is 0 Å². The van der Waals surface area contributed by atoms with Crippen LogP contribution >= 0.6 is 11.8 Å². The van der Waals surface area contributed by atoms with E-state index in [1.165, 1.54) is 11.8 Å². The number of nitrogens with zero attached hydrogens (tertiary/aromatic N) is 3. The van der Waals surface area contributed by atoms with E-state index in [-0.39, 0.29) is 0 Å². The van der Waals surface area contributed by atoms with Crippen LogP contribution in [0.25, 0.3) is 0 Å². The van der Waals surface area contributed by atoms with E-state index in [0.717, 1.165) is 24.1 Å². The number of anilines is 2. The molecule has 3 N–H and O–H groups in total. The standard InChI is InChI=1S/C13H25N5S/c1-9(2)7-18(8-10(3)4)12-6-11(17-14)15-13(16-12)19-5/h6,9-10H,7-8,14H2,1-5H3,(H,15,16,17). The summed E-state index contributed by atoms with van der Waals surface area (Å²) in [7, 11) is 0. The van der Waals surface area contributed by atoms with Crippen molar-refractivity contribution in [2.24, 2.45) is 17.7 Å². The van der Waals surface area contributed by atoms with Crippen LogP contribution in [-0.4, -0.2) is 29.3 Å². The van der Waals surface area contributed by atoms with Crippen LogP contribution < -0.4 is 16.2 Å². The lowest BCUT2D eigenvalue weighted by Gasteiger charge is -2.27. The van der Waals surface area contributed by atoms with E-state index in [9.17, 15) is 0 Å². The molecule has 0 atom stereocenters. The zero-order chi connectivity index (χ0) is 14.4. The molecule has 0 aliphatic heterocycles. The fraction of sp³-hybridized carbons (Fsp3) is 0.692. The highest BCUT2D eigenvalue weighted by atomic mass is 32.2. The van der Waals surface area contributed by atoms with Gasteiger partial charge in [0, 0.05) is 19.2 Å². The largest absolute Gasteiger partial charge is 0.356 e. The van der Waals surface area contributed by atoms with Gasteiger partial charge in [-0.3, -0.25) is 0 Å². The molecule has 0 unspecified atom stereocenters. The van der Waals surface area contributed by atoms with Gasteiger partial charge in [-0.1, -0.05) is 39.5 Å². The molecule has 0 aromatic carbocycles. The molecule has 0 saturated heterocycles. The Morgan fingerprint density at radius 3 is 2.21 bits per heavy atom. The molecular weight excluding hydrogens is 258 g/mol. The molecule has 0 aliphatic rings. The van der Waals surface area contributed by atoms with E-state index in [2.05, 4.69) is 48.0 Å². The number of aromatic nitrogens is 2. The third-order valence-electron chi connectivity index (χ3n) is 2.52. The van der Waals surface area contributed by atoms with Crippen molar-refractivity contribution in [3.05, 3.63) is 6.07 Å². The molecule has 1 rings (SSSR count). The van der Waals surface area contributed by atoms with Gasteiger partial charge in [0.05, 0.1) is 0 Å². The molecule has 108 valence electrons. The molecule has 0 amide bonds. The van der Waals surface area contributed by atoms with Crippen molar-refractivity contribution in [2.45, 2.75) is 32.9 Å². The van der Waals surface area contributed by atoms with Crippen molar-refractivity contribution < 1.29 is 0 Å². The van der Waals surface area contributed by atoms with Gasteiger partial charge >= 0.3 is 0 Å². The Morgan fingerprint density at radius 2 is 1.79 bits per heavy atom. The van der Waals surface area contributed by atoms with Crippen LogP contribution in [0, 0.1) is 11.8 Å². The first-order valence-electron chi connectivity index (χ1n) is 6.60. The third-order valence-corrected chi connectivity index (χ3v) is 3.07. The number of thioether (sulfide) groups is 1. The average molecular weight is 283 g/mol. The summed E-state index contributed by atoms with van der Waals surface area (Å²) >= 11 is 1.52. The Morgan fingerprint density at radius 1 is 1.21 bits per heavy atom. The molecule has 1 aromatic rings. The maximum absolute atomic E-state index is 5.48. The summed E-state index contributed by atoms with van der Waals surface area (Å²) in [5.41, 5.74) is 2.61. The van der Waals surface area contributed by atoms with Crippen LogP contribution in [0.2, 0.25) is 0 Å². The van der Waals surface area contributed by atoms with E-state index in [1.807, 2.05) is 12.3 Å². The second kappa shape index (κ2) is 7.55. The van der Waals surface area contributed by atoms with Gasteiger partial charge in [0.1, 0.15) is 11.6 Å². The Bertz CT molecular complexity index is 362. The van der Waals surface area contributed by atoms with Crippen LogP contribution in [0.15, 0.2) is 11.2 Å². The number of hydrogen-bond donors (Lipinski definition) is 2. The van der Waals surface area contributed by atoms with E-state index in [4.69, 9.17) is 5.84 Å². The predicted octanol–water partition coefficient (Wildman–Crippen LogP) is 2.60. The lowest BCUT2D eigenvalue weighted by molar-refractivity contribution is 0.547. The smallest absolute Gasteiger partial charge is 0.191 e. The molecule has 6 heteroatoms. The molecule has 5 nitrogen and oxygen atoms in total. The molecule has 0 radical (unpaired) electrons. The number of rotatable bonds is 7. The average Bonchev–Trinajstić information content (AvgIpc) is 2.36. The fourth-order valence-corrected chi connectivity index (χ4v) is 2.26. The SMILES string of the molecule is CSc1nc(NN)cc(N(CC(C)C)CC(C)C)n1. The maximum atomic E-state index is 5.48. The molecule has 1 aromatic heterocycles. The predicted molar refractivity (Wildman–Crippen MR) is 83.5 cm³/mol. The van der Waals surface area contributed by atoms with Crippen LogP contribution in [0.4, 0.5) is 11.6 Å². The van der Waals surface area contributed by atoms with Gasteiger partial charge in [-0.2, -0.15) is 0 Å². The molecular formula is C13H25N5S. The van der Waals surface area contributed by atoms with Crippen LogP contribution in [0.5, 0.6) is 0 Å². The molecule has 0 saturated carbocycles. The maximum Gasteiger partial charge on any atom is 0.191 e. The monoisotopic (exact) mass is 283 g/mol. The first-order valence-corrected chi connectivity index (χ1v) is 7.83.